The summed E-state index contributed by atoms with van der Waals surface area (Å²) < 4.78 is 65.9. The average molecular weight is 800 g/mol. The van der Waals surface area contributed by atoms with Gasteiger partial charge >= 0.3 is 0 Å². The Morgan fingerprint density at radius 2 is 1.08 bits per heavy atom. The summed E-state index contributed by atoms with van der Waals surface area (Å²) in [4.78, 5) is 47.7. The first-order chi connectivity index (χ1) is 29.2. The van der Waals surface area contributed by atoms with E-state index in [0.717, 1.165) is 19.9 Å². The Kier molecular flexibility index (Phi) is 8.74. The molecule has 0 bridgehead atoms. The second kappa shape index (κ2) is 14.4. The monoisotopic (exact) mass is 799 g/mol. The van der Waals surface area contributed by atoms with Gasteiger partial charge in [-0.05, 0) is 82.2 Å². The molecule has 0 aliphatic carbocycles. The first-order valence-electron chi connectivity index (χ1n) is 18.6. The molecule has 0 aliphatic rings. The second-order valence-corrected chi connectivity index (χ2v) is 14.3. The lowest BCUT2D eigenvalue weighted by Crippen LogP contribution is -2.31. The Labute approximate surface area is 336 Å². The maximum absolute atomic E-state index is 15.5. The zero-order valence-electron chi connectivity index (χ0n) is 31.1. The van der Waals surface area contributed by atoms with E-state index in [4.69, 9.17) is 0 Å². The van der Waals surface area contributed by atoms with Crippen LogP contribution in [0.1, 0.15) is 11.1 Å². The Balaban J connectivity index is 0.908. The van der Waals surface area contributed by atoms with Gasteiger partial charge in [0, 0.05) is 52.6 Å². The third kappa shape index (κ3) is 6.49. The van der Waals surface area contributed by atoms with Gasteiger partial charge in [-0.2, -0.15) is 4.57 Å². The van der Waals surface area contributed by atoms with Crippen molar-refractivity contribution < 1.29 is 22.1 Å². The van der Waals surface area contributed by atoms with Crippen LogP contribution in [0.5, 0.6) is 0 Å². The quantitative estimate of drug-likeness (QED) is 0.119. The van der Waals surface area contributed by atoms with E-state index in [1.54, 1.807) is 65.9 Å². The van der Waals surface area contributed by atoms with Gasteiger partial charge in [-0.3, -0.25) is 28.7 Å². The number of halogens is 4. The fourth-order valence-corrected chi connectivity index (χ4v) is 7.39. The average Bonchev–Trinajstić information content (AvgIpc) is 3.26. The number of hydrogen-bond acceptors (Lipinski definition) is 7. The Bertz CT molecular complexity index is 3470. The minimum absolute atomic E-state index is 0.236. The maximum Gasteiger partial charge on any atom is 0.261 e. The van der Waals surface area contributed by atoms with E-state index in [1.807, 2.05) is 24.3 Å². The van der Waals surface area contributed by atoms with Crippen LogP contribution >= 0.6 is 0 Å². The molecule has 6 heterocycles. The van der Waals surface area contributed by atoms with Gasteiger partial charge in [0.05, 0.1) is 59.9 Å². The van der Waals surface area contributed by atoms with Crippen LogP contribution in [0.2, 0.25) is 0 Å². The largest absolute Gasteiger partial charge is 0.294 e. The van der Waals surface area contributed by atoms with Gasteiger partial charge in [0.15, 0.2) is 6.20 Å². The van der Waals surface area contributed by atoms with Crippen molar-refractivity contribution in [1.29, 1.82) is 0 Å². The van der Waals surface area contributed by atoms with Crippen molar-refractivity contribution in [2.24, 2.45) is 0 Å². The topological polar surface area (TPSA) is 112 Å². The molecule has 10 aromatic rings. The highest BCUT2D eigenvalue weighted by Crippen LogP contribution is 2.30. The standard InChI is InChI=1S/C46H27F4N8O2/c47-38-14-30(26-1-2-29-18-51-8-5-28(29)11-26)15-39(48)37(38)22-58-25-55-44-23-56(10-7-35(44)46(58)60)33-13-32-12-27(3-4-42(32)53-19-33)31-16-40(49)36(41(50)17-31)21-57-24-54-43-20-52-9-6-34(43)45(57)59/h1-20,23-25H,21-22H2/q+1. The lowest BCUT2D eigenvalue weighted by atomic mass is 10.00. The zero-order valence-corrected chi connectivity index (χ0v) is 31.1. The molecular formula is C46H27F4N8O2+. The molecule has 10 rings (SSSR count). The van der Waals surface area contributed by atoms with E-state index in [-0.39, 0.29) is 40.6 Å². The van der Waals surface area contributed by atoms with Gasteiger partial charge < -0.3 is 0 Å². The third-order valence-electron chi connectivity index (χ3n) is 10.6. The van der Waals surface area contributed by atoms with Crippen LogP contribution in [0, 0.1) is 23.3 Å². The van der Waals surface area contributed by atoms with Crippen LogP contribution in [-0.4, -0.2) is 34.1 Å². The van der Waals surface area contributed by atoms with Crippen molar-refractivity contribution in [3.63, 3.8) is 0 Å². The number of pyridine rings is 4. The van der Waals surface area contributed by atoms with Crippen molar-refractivity contribution in [3.05, 3.63) is 196 Å². The minimum Gasteiger partial charge on any atom is -0.294 e. The van der Waals surface area contributed by atoms with Crippen LogP contribution in [0.15, 0.2) is 151 Å². The predicted octanol–water partition coefficient (Wildman–Crippen LogP) is 7.86. The lowest BCUT2D eigenvalue weighted by molar-refractivity contribution is -0.594. The molecule has 14 heteroatoms. The Morgan fingerprint density at radius 3 is 1.77 bits per heavy atom. The van der Waals surface area contributed by atoms with E-state index in [0.29, 0.717) is 44.3 Å². The summed E-state index contributed by atoms with van der Waals surface area (Å²) in [7, 11) is 0. The fraction of sp³-hybridized carbons (Fsp3) is 0.0435. The minimum atomic E-state index is -0.819. The van der Waals surface area contributed by atoms with Gasteiger partial charge in [-0.25, -0.2) is 32.5 Å². The third-order valence-corrected chi connectivity index (χ3v) is 10.6. The van der Waals surface area contributed by atoms with Crippen molar-refractivity contribution in [1.82, 2.24) is 34.1 Å². The first kappa shape index (κ1) is 36.3. The van der Waals surface area contributed by atoms with Crippen molar-refractivity contribution in [2.45, 2.75) is 13.1 Å². The highest BCUT2D eigenvalue weighted by molar-refractivity contribution is 5.87. The van der Waals surface area contributed by atoms with Crippen molar-refractivity contribution >= 4 is 43.5 Å². The molecule has 0 aliphatic heterocycles. The summed E-state index contributed by atoms with van der Waals surface area (Å²) in [5.41, 5.74) is 2.30. The molecule has 290 valence electrons. The van der Waals surface area contributed by atoms with E-state index in [9.17, 15) is 9.59 Å². The number of rotatable bonds is 7. The molecule has 0 radical (unpaired) electrons. The molecule has 0 saturated carbocycles. The SMILES string of the molecule is O=c1c2ccncc2ncn1Cc1c(F)cc(-c2ccc3ncc(-[n+]4ccc5c(=O)n(Cc6c(F)cc(-c7ccc8cnccc8c7)cc6F)cnc5c4)cc3c2)cc1F. The van der Waals surface area contributed by atoms with Gasteiger partial charge in [-0.1, -0.05) is 18.2 Å². The summed E-state index contributed by atoms with van der Waals surface area (Å²) in [5.74, 6) is -3.22. The number of nitrogens with zero attached hydrogens (tertiary/aromatic N) is 8. The van der Waals surface area contributed by atoms with Crippen LogP contribution in [0.4, 0.5) is 17.6 Å². The molecule has 4 aromatic carbocycles. The number of aromatic nitrogens is 8. The van der Waals surface area contributed by atoms with Gasteiger partial charge in [-0.15, -0.1) is 0 Å². The van der Waals surface area contributed by atoms with E-state index in [1.165, 1.54) is 55.4 Å². The molecule has 0 N–H and O–H groups in total. The second-order valence-electron chi connectivity index (χ2n) is 14.3. The molecule has 6 aromatic heterocycles. The summed E-state index contributed by atoms with van der Waals surface area (Å²) in [6.07, 6.45) is 13.7. The number of hydrogen-bond donors (Lipinski definition) is 0. The van der Waals surface area contributed by atoms with E-state index < -0.39 is 34.4 Å². The highest BCUT2D eigenvalue weighted by Gasteiger charge is 2.19. The summed E-state index contributed by atoms with van der Waals surface area (Å²) in [6.45, 7) is -0.721. The molecule has 60 heavy (non-hydrogen) atoms. The zero-order chi connectivity index (χ0) is 41.1. The molecule has 0 fully saturated rings. The van der Waals surface area contributed by atoms with Gasteiger partial charge in [0.1, 0.15) is 28.8 Å². The molecule has 0 spiro atoms. The molecular weight excluding hydrogens is 773 g/mol. The predicted molar refractivity (Wildman–Crippen MR) is 217 cm³/mol. The first-order valence-corrected chi connectivity index (χ1v) is 18.6. The van der Waals surface area contributed by atoms with E-state index >= 15 is 17.6 Å². The number of benzene rings is 4. The molecule has 0 saturated heterocycles. The van der Waals surface area contributed by atoms with Crippen LogP contribution < -0.4 is 15.7 Å². The molecule has 10 nitrogen and oxygen atoms in total. The van der Waals surface area contributed by atoms with E-state index in [2.05, 4.69) is 24.9 Å². The van der Waals surface area contributed by atoms with Crippen molar-refractivity contribution in [2.75, 3.05) is 0 Å². The molecule has 0 unspecified atom stereocenters. The molecule has 0 atom stereocenters. The van der Waals surface area contributed by atoms with Crippen LogP contribution in [0.3, 0.4) is 0 Å². The van der Waals surface area contributed by atoms with Crippen LogP contribution in [0.25, 0.3) is 71.4 Å². The smallest absolute Gasteiger partial charge is 0.261 e. The fourth-order valence-electron chi connectivity index (χ4n) is 7.39. The Morgan fingerprint density at radius 1 is 0.500 bits per heavy atom. The highest BCUT2D eigenvalue weighted by atomic mass is 19.1. The summed E-state index contributed by atoms with van der Waals surface area (Å²) in [5, 5.41) is 2.98. The van der Waals surface area contributed by atoms with Gasteiger partial charge in [0.25, 0.3) is 11.1 Å². The van der Waals surface area contributed by atoms with Crippen LogP contribution in [-0.2, 0) is 13.1 Å². The summed E-state index contributed by atoms with van der Waals surface area (Å²) >= 11 is 0. The van der Waals surface area contributed by atoms with Crippen molar-refractivity contribution in [3.8, 4) is 27.9 Å². The summed E-state index contributed by atoms with van der Waals surface area (Å²) in [6, 6.07) is 22.3. The molecule has 0 amide bonds. The maximum atomic E-state index is 15.5. The lowest BCUT2D eigenvalue weighted by Gasteiger charge is -2.11. The van der Waals surface area contributed by atoms with Gasteiger partial charge in [0.2, 0.25) is 11.9 Å². The normalized spacial score (nSPS) is 11.6. The number of fused-ring (bicyclic) bond motifs is 4. The Hall–Kier alpha value is -8.00.